The number of likely N-dealkylation sites (tertiary alicyclic amines) is 1. The van der Waals surface area contributed by atoms with Gasteiger partial charge in [-0.05, 0) is 72.7 Å². The molecule has 1 aromatic heterocycles. The van der Waals surface area contributed by atoms with Crippen LogP contribution >= 0.6 is 0 Å². The molecule has 3 N–H and O–H groups in total. The molecule has 0 aliphatic carbocycles. The predicted molar refractivity (Wildman–Crippen MR) is 153 cm³/mol. The molecule has 4 rings (SSSR count). The molecular formula is C32H40F2N4O2. The van der Waals surface area contributed by atoms with Crippen LogP contribution in [0.15, 0.2) is 67.0 Å². The van der Waals surface area contributed by atoms with Gasteiger partial charge in [0.15, 0.2) is 0 Å². The van der Waals surface area contributed by atoms with Crippen molar-refractivity contribution in [3.05, 3.63) is 101 Å². The van der Waals surface area contributed by atoms with E-state index in [4.69, 9.17) is 0 Å². The van der Waals surface area contributed by atoms with E-state index < -0.39 is 23.8 Å². The minimum absolute atomic E-state index is 0.108. The highest BCUT2D eigenvalue weighted by molar-refractivity contribution is 5.76. The summed E-state index contributed by atoms with van der Waals surface area (Å²) in [4.78, 5) is 19.7. The monoisotopic (exact) mass is 550 g/mol. The molecular weight excluding hydrogens is 510 g/mol. The number of carbonyl (C=O) groups is 1. The Morgan fingerprint density at radius 3 is 2.62 bits per heavy atom. The van der Waals surface area contributed by atoms with Crippen LogP contribution in [0.3, 0.4) is 0 Å². The molecule has 1 aliphatic rings. The lowest BCUT2D eigenvalue weighted by Crippen LogP contribution is -2.49. The molecule has 1 aliphatic heterocycles. The van der Waals surface area contributed by atoms with Gasteiger partial charge in [0.25, 0.3) is 0 Å². The zero-order valence-corrected chi connectivity index (χ0v) is 23.2. The van der Waals surface area contributed by atoms with Crippen molar-refractivity contribution in [3.63, 3.8) is 0 Å². The lowest BCUT2D eigenvalue weighted by Gasteiger charge is -2.36. The van der Waals surface area contributed by atoms with Crippen LogP contribution in [-0.4, -0.2) is 52.7 Å². The number of rotatable bonds is 13. The first kappa shape index (κ1) is 29.8. The lowest BCUT2D eigenvalue weighted by atomic mass is 9.96. The number of hydrogen-bond acceptors (Lipinski definition) is 5. The first-order valence-corrected chi connectivity index (χ1v) is 14.3. The van der Waals surface area contributed by atoms with Crippen LogP contribution in [-0.2, 0) is 24.2 Å². The molecule has 1 saturated heterocycles. The van der Waals surface area contributed by atoms with Gasteiger partial charge in [-0.2, -0.15) is 0 Å². The fraction of sp³-hybridized carbons (Fsp3) is 0.438. The van der Waals surface area contributed by atoms with Gasteiger partial charge < -0.3 is 15.7 Å². The van der Waals surface area contributed by atoms with E-state index in [1.165, 1.54) is 17.7 Å². The number of hydrogen-bond donors (Lipinski definition) is 3. The van der Waals surface area contributed by atoms with Crippen molar-refractivity contribution in [2.45, 2.75) is 70.2 Å². The first-order chi connectivity index (χ1) is 19.4. The average Bonchev–Trinajstić information content (AvgIpc) is 2.96. The fourth-order valence-corrected chi connectivity index (χ4v) is 5.47. The molecule has 0 saturated carbocycles. The quantitative estimate of drug-likeness (QED) is 0.287. The van der Waals surface area contributed by atoms with E-state index in [0.717, 1.165) is 49.4 Å². The Hall–Kier alpha value is -3.20. The van der Waals surface area contributed by atoms with Crippen molar-refractivity contribution < 1.29 is 18.7 Å². The van der Waals surface area contributed by atoms with Gasteiger partial charge in [-0.25, -0.2) is 8.78 Å². The number of aromatic nitrogens is 1. The van der Waals surface area contributed by atoms with Crippen molar-refractivity contribution in [2.24, 2.45) is 0 Å². The number of piperidine rings is 1. The molecule has 3 atom stereocenters. The van der Waals surface area contributed by atoms with Crippen molar-refractivity contribution in [3.8, 4) is 0 Å². The minimum atomic E-state index is -0.956. The number of aryl methyl sites for hydroxylation is 1. The fourth-order valence-electron chi connectivity index (χ4n) is 5.47. The van der Waals surface area contributed by atoms with Crippen molar-refractivity contribution in [1.29, 1.82) is 0 Å². The molecule has 214 valence electrons. The zero-order valence-electron chi connectivity index (χ0n) is 23.2. The number of carbonyl (C=O) groups excluding carboxylic acids is 1. The normalized spacial score (nSPS) is 17.4. The van der Waals surface area contributed by atoms with Crippen LogP contribution in [0, 0.1) is 11.6 Å². The summed E-state index contributed by atoms with van der Waals surface area (Å²) in [7, 11) is 0. The number of halogens is 2. The Morgan fingerprint density at radius 2 is 1.88 bits per heavy atom. The van der Waals surface area contributed by atoms with E-state index >= 15 is 0 Å². The van der Waals surface area contributed by atoms with Crippen LogP contribution in [0.25, 0.3) is 0 Å². The molecule has 40 heavy (non-hydrogen) atoms. The highest BCUT2D eigenvalue weighted by atomic mass is 19.1. The summed E-state index contributed by atoms with van der Waals surface area (Å²) in [6, 6.07) is 15.0. The summed E-state index contributed by atoms with van der Waals surface area (Å²) in [5.74, 6) is -1.57. The summed E-state index contributed by atoms with van der Waals surface area (Å²) in [5, 5.41) is 17.3. The summed E-state index contributed by atoms with van der Waals surface area (Å²) < 4.78 is 27.8. The second-order valence-electron chi connectivity index (χ2n) is 10.6. The maximum Gasteiger partial charge on any atom is 0.221 e. The molecule has 1 unspecified atom stereocenters. The zero-order chi connectivity index (χ0) is 28.3. The molecule has 6 nitrogen and oxygen atoms in total. The van der Waals surface area contributed by atoms with E-state index in [9.17, 15) is 18.7 Å². The number of aliphatic hydroxyl groups is 1. The van der Waals surface area contributed by atoms with E-state index in [1.54, 1.807) is 6.20 Å². The molecule has 8 heteroatoms. The Labute approximate surface area is 235 Å². The van der Waals surface area contributed by atoms with Gasteiger partial charge in [-0.3, -0.25) is 14.7 Å². The molecule has 1 amide bonds. The summed E-state index contributed by atoms with van der Waals surface area (Å²) >= 11 is 0. The second-order valence-corrected chi connectivity index (χ2v) is 10.6. The molecule has 1 fully saturated rings. The predicted octanol–water partition coefficient (Wildman–Crippen LogP) is 4.72. The third kappa shape index (κ3) is 8.91. The Balaban J connectivity index is 1.37. The highest BCUT2D eigenvalue weighted by Gasteiger charge is 2.26. The van der Waals surface area contributed by atoms with Crippen LogP contribution in [0.1, 0.15) is 60.9 Å². The van der Waals surface area contributed by atoms with Crippen LogP contribution in [0.4, 0.5) is 8.78 Å². The molecule has 0 bridgehead atoms. The van der Waals surface area contributed by atoms with Crippen LogP contribution < -0.4 is 10.6 Å². The van der Waals surface area contributed by atoms with E-state index in [1.807, 2.05) is 24.4 Å². The van der Waals surface area contributed by atoms with E-state index in [-0.39, 0.29) is 31.3 Å². The number of benzene rings is 2. The summed E-state index contributed by atoms with van der Waals surface area (Å²) in [5.41, 5.74) is 3.87. The van der Waals surface area contributed by atoms with Gasteiger partial charge in [-0.15, -0.1) is 0 Å². The number of amides is 1. The number of aliphatic hydroxyl groups excluding tert-OH is 1. The average molecular weight is 551 g/mol. The highest BCUT2D eigenvalue weighted by Crippen LogP contribution is 2.30. The van der Waals surface area contributed by atoms with Crippen LogP contribution in [0.2, 0.25) is 0 Å². The van der Waals surface area contributed by atoms with Crippen molar-refractivity contribution in [1.82, 2.24) is 20.5 Å². The standard InChI is InChI=1S/C32H40F2N4O2/c1-2-23-7-5-8-24(15-23)20-36-22-31(39)29(18-25-16-27(33)19-28(34)17-25)37-32(40)11-14-38-13-4-3-10-30(38)26-9-6-12-35-21-26/h5-9,12,15-17,19,21,29-31,36,39H,2-4,10-11,13-14,18,20,22H2,1H3,(H,37,40)/t29-,30?,31+/m0/s1. The van der Waals surface area contributed by atoms with Gasteiger partial charge in [-0.1, -0.05) is 43.7 Å². The SMILES string of the molecule is CCc1cccc(CNC[C@@H](O)[C@H](Cc2cc(F)cc(F)c2)NC(=O)CCN2CCCCC2c2cccnc2)c1. The molecule has 3 aromatic rings. The Kier molecular flexibility index (Phi) is 11.1. The molecule has 0 spiro atoms. The maximum atomic E-state index is 13.9. The molecule has 2 heterocycles. The molecule has 2 aromatic carbocycles. The largest absolute Gasteiger partial charge is 0.390 e. The van der Waals surface area contributed by atoms with Gasteiger partial charge in [0, 0.05) is 50.6 Å². The van der Waals surface area contributed by atoms with Gasteiger partial charge >= 0.3 is 0 Å². The molecule has 0 radical (unpaired) electrons. The summed E-state index contributed by atoms with van der Waals surface area (Å²) in [6.07, 6.45) is 7.24. The smallest absolute Gasteiger partial charge is 0.221 e. The third-order valence-electron chi connectivity index (χ3n) is 7.58. The van der Waals surface area contributed by atoms with Gasteiger partial charge in [0.1, 0.15) is 11.6 Å². The third-order valence-corrected chi connectivity index (χ3v) is 7.58. The second kappa shape index (κ2) is 15.0. The lowest BCUT2D eigenvalue weighted by molar-refractivity contribution is -0.123. The van der Waals surface area contributed by atoms with E-state index in [0.29, 0.717) is 18.7 Å². The topological polar surface area (TPSA) is 77.5 Å². The number of nitrogens with one attached hydrogen (secondary N) is 2. The van der Waals surface area contributed by atoms with Gasteiger partial charge in [0.05, 0.1) is 12.1 Å². The minimum Gasteiger partial charge on any atom is -0.390 e. The Bertz CT molecular complexity index is 1210. The van der Waals surface area contributed by atoms with Gasteiger partial charge in [0.2, 0.25) is 5.91 Å². The first-order valence-electron chi connectivity index (χ1n) is 14.3. The maximum absolute atomic E-state index is 13.9. The summed E-state index contributed by atoms with van der Waals surface area (Å²) in [6.45, 7) is 4.36. The Morgan fingerprint density at radius 1 is 1.07 bits per heavy atom. The van der Waals surface area contributed by atoms with E-state index in [2.05, 4.69) is 45.6 Å². The van der Waals surface area contributed by atoms with Crippen molar-refractivity contribution in [2.75, 3.05) is 19.6 Å². The number of nitrogens with zero attached hydrogens (tertiary/aromatic N) is 2. The van der Waals surface area contributed by atoms with Crippen LogP contribution in [0.5, 0.6) is 0 Å². The number of pyridine rings is 1. The van der Waals surface area contributed by atoms with Crippen molar-refractivity contribution >= 4 is 5.91 Å².